The molecule has 0 aliphatic heterocycles. The molecule has 2 bridgehead atoms. The summed E-state index contributed by atoms with van der Waals surface area (Å²) in [5, 5.41) is 8.81. The Hall–Kier alpha value is -0.830. The lowest BCUT2D eigenvalue weighted by Gasteiger charge is -2.28. The molecule has 5 unspecified atom stereocenters. The molecule has 102 valence electrons. The molecule has 1 N–H and O–H groups in total. The molecule has 0 spiro atoms. The summed E-state index contributed by atoms with van der Waals surface area (Å²) in [7, 11) is 0. The summed E-state index contributed by atoms with van der Waals surface area (Å²) in [4.78, 5) is 10.7. The van der Waals surface area contributed by atoms with Gasteiger partial charge in [0, 0.05) is 5.57 Å². The Morgan fingerprint density at radius 3 is 2.67 bits per heavy atom. The van der Waals surface area contributed by atoms with Crippen molar-refractivity contribution in [3.8, 4) is 0 Å². The fourth-order valence-corrected chi connectivity index (χ4v) is 3.72. The van der Waals surface area contributed by atoms with E-state index < -0.39 is 5.97 Å². The third kappa shape index (κ3) is 2.77. The monoisotopic (exact) mass is 252 g/mol. The van der Waals surface area contributed by atoms with Crippen molar-refractivity contribution in [1.29, 1.82) is 0 Å². The predicted molar refractivity (Wildman–Crippen MR) is 70.3 cm³/mol. The van der Waals surface area contributed by atoms with Gasteiger partial charge in [0.05, 0.1) is 12.7 Å². The van der Waals surface area contributed by atoms with E-state index in [2.05, 4.69) is 6.92 Å². The van der Waals surface area contributed by atoms with Gasteiger partial charge in [-0.15, -0.1) is 0 Å². The number of rotatable bonds is 5. The second-order valence-corrected chi connectivity index (χ2v) is 6.05. The normalized spacial score (nSPS) is 36.9. The fraction of sp³-hybridized carbons (Fsp3) is 0.800. The van der Waals surface area contributed by atoms with E-state index in [1.807, 2.05) is 6.92 Å². The smallest absolute Gasteiger partial charge is 0.331 e. The first kappa shape index (κ1) is 13.6. The quantitative estimate of drug-likeness (QED) is 0.765. The first-order valence-electron chi connectivity index (χ1n) is 7.02. The summed E-state index contributed by atoms with van der Waals surface area (Å²) in [6.45, 7) is 6.67. The van der Waals surface area contributed by atoms with Crippen molar-refractivity contribution >= 4 is 5.97 Å². The summed E-state index contributed by atoms with van der Waals surface area (Å²) in [5.41, 5.74) is 0.364. The molecule has 2 aliphatic carbocycles. The van der Waals surface area contributed by atoms with E-state index in [0.717, 1.165) is 24.4 Å². The van der Waals surface area contributed by atoms with Crippen molar-refractivity contribution in [2.75, 3.05) is 6.61 Å². The van der Waals surface area contributed by atoms with Gasteiger partial charge in [-0.25, -0.2) is 4.79 Å². The van der Waals surface area contributed by atoms with Crippen LogP contribution in [0.3, 0.4) is 0 Å². The summed E-state index contributed by atoms with van der Waals surface area (Å²) in [5.74, 6) is 2.36. The maximum Gasteiger partial charge on any atom is 0.331 e. The molecule has 3 nitrogen and oxygen atoms in total. The van der Waals surface area contributed by atoms with Crippen molar-refractivity contribution in [2.24, 2.45) is 23.7 Å². The topological polar surface area (TPSA) is 46.5 Å². The van der Waals surface area contributed by atoms with Gasteiger partial charge in [-0.1, -0.05) is 6.92 Å². The SMILES string of the molecule is CC(=CC(C)OCC1C2CCC(C2)C1C)C(=O)O. The number of hydrogen-bond acceptors (Lipinski definition) is 2. The molecule has 2 aliphatic rings. The Bertz CT molecular complexity index is 346. The summed E-state index contributed by atoms with van der Waals surface area (Å²) >= 11 is 0. The first-order valence-corrected chi connectivity index (χ1v) is 7.02. The highest BCUT2D eigenvalue weighted by molar-refractivity contribution is 5.85. The van der Waals surface area contributed by atoms with Crippen LogP contribution in [0.15, 0.2) is 11.6 Å². The summed E-state index contributed by atoms with van der Waals surface area (Å²) < 4.78 is 5.83. The first-order chi connectivity index (χ1) is 8.49. The van der Waals surface area contributed by atoms with Gasteiger partial charge in [0.1, 0.15) is 0 Å². The third-order valence-electron chi connectivity index (χ3n) is 4.91. The van der Waals surface area contributed by atoms with E-state index in [4.69, 9.17) is 9.84 Å². The van der Waals surface area contributed by atoms with Gasteiger partial charge in [-0.3, -0.25) is 0 Å². The molecule has 2 fully saturated rings. The van der Waals surface area contributed by atoms with Gasteiger partial charge < -0.3 is 9.84 Å². The van der Waals surface area contributed by atoms with Crippen LogP contribution in [0.5, 0.6) is 0 Å². The molecule has 2 saturated carbocycles. The molecule has 18 heavy (non-hydrogen) atoms. The van der Waals surface area contributed by atoms with Crippen LogP contribution in [0.4, 0.5) is 0 Å². The highest BCUT2D eigenvalue weighted by atomic mass is 16.5. The molecule has 0 saturated heterocycles. The number of ether oxygens (including phenoxy) is 1. The van der Waals surface area contributed by atoms with Crippen LogP contribution in [0.1, 0.15) is 40.0 Å². The van der Waals surface area contributed by atoms with Crippen molar-refractivity contribution in [1.82, 2.24) is 0 Å². The zero-order valence-electron chi connectivity index (χ0n) is 11.6. The lowest BCUT2D eigenvalue weighted by atomic mass is 9.81. The van der Waals surface area contributed by atoms with Gasteiger partial charge in [0.2, 0.25) is 0 Å². The Kier molecular flexibility index (Phi) is 4.10. The van der Waals surface area contributed by atoms with Crippen LogP contribution in [0, 0.1) is 23.7 Å². The fourth-order valence-electron chi connectivity index (χ4n) is 3.72. The van der Waals surface area contributed by atoms with Crippen LogP contribution in [-0.2, 0) is 9.53 Å². The van der Waals surface area contributed by atoms with E-state index in [1.54, 1.807) is 13.0 Å². The highest BCUT2D eigenvalue weighted by Crippen LogP contribution is 2.52. The van der Waals surface area contributed by atoms with Crippen molar-refractivity contribution in [3.63, 3.8) is 0 Å². The number of carboxylic acids is 1. The second kappa shape index (κ2) is 5.43. The Morgan fingerprint density at radius 1 is 1.44 bits per heavy atom. The predicted octanol–water partition coefficient (Wildman–Crippen LogP) is 3.10. The van der Waals surface area contributed by atoms with Crippen LogP contribution in [0.2, 0.25) is 0 Å². The van der Waals surface area contributed by atoms with Crippen molar-refractivity contribution < 1.29 is 14.6 Å². The Balaban J connectivity index is 1.81. The lowest BCUT2D eigenvalue weighted by molar-refractivity contribution is -0.132. The molecule has 0 aromatic rings. The number of carbonyl (C=O) groups is 1. The molecular weight excluding hydrogens is 228 g/mol. The molecular formula is C15H24O3. The molecule has 3 heteroatoms. The zero-order chi connectivity index (χ0) is 13.3. The van der Waals surface area contributed by atoms with Crippen LogP contribution < -0.4 is 0 Å². The lowest BCUT2D eigenvalue weighted by Crippen LogP contribution is -2.26. The van der Waals surface area contributed by atoms with Crippen LogP contribution in [0.25, 0.3) is 0 Å². The summed E-state index contributed by atoms with van der Waals surface area (Å²) in [6.07, 6.45) is 5.73. The molecule has 0 aromatic carbocycles. The average molecular weight is 252 g/mol. The number of aliphatic carboxylic acids is 1. The van der Waals surface area contributed by atoms with Crippen molar-refractivity contribution in [2.45, 2.75) is 46.1 Å². The van der Waals surface area contributed by atoms with E-state index in [1.165, 1.54) is 19.3 Å². The molecule has 0 aromatic heterocycles. The van der Waals surface area contributed by atoms with Crippen molar-refractivity contribution in [3.05, 3.63) is 11.6 Å². The molecule has 0 heterocycles. The number of hydrogen-bond donors (Lipinski definition) is 1. The third-order valence-corrected chi connectivity index (χ3v) is 4.91. The number of carboxylic acid groups (broad SMARTS) is 1. The van der Waals surface area contributed by atoms with E-state index in [0.29, 0.717) is 11.5 Å². The minimum atomic E-state index is -0.862. The molecule has 0 amide bonds. The standard InChI is InChI=1S/C15H24O3/c1-9(15(16)17)6-10(2)18-8-14-11(3)12-4-5-13(14)7-12/h6,10-14H,4-5,7-8H2,1-3H3,(H,16,17). The Morgan fingerprint density at radius 2 is 2.11 bits per heavy atom. The highest BCUT2D eigenvalue weighted by Gasteiger charge is 2.45. The van der Waals surface area contributed by atoms with Gasteiger partial charge in [-0.2, -0.15) is 0 Å². The second-order valence-electron chi connectivity index (χ2n) is 6.05. The molecule has 2 rings (SSSR count). The van der Waals surface area contributed by atoms with Crippen LogP contribution in [-0.4, -0.2) is 23.8 Å². The van der Waals surface area contributed by atoms with Crippen LogP contribution >= 0.6 is 0 Å². The van der Waals surface area contributed by atoms with Gasteiger partial charge >= 0.3 is 5.97 Å². The largest absolute Gasteiger partial charge is 0.478 e. The van der Waals surface area contributed by atoms with Gasteiger partial charge in [-0.05, 0) is 62.9 Å². The minimum absolute atomic E-state index is 0.104. The minimum Gasteiger partial charge on any atom is -0.478 e. The Labute approximate surface area is 109 Å². The van der Waals surface area contributed by atoms with Gasteiger partial charge in [0.25, 0.3) is 0 Å². The molecule has 0 radical (unpaired) electrons. The zero-order valence-corrected chi connectivity index (χ0v) is 11.6. The van der Waals surface area contributed by atoms with E-state index in [-0.39, 0.29) is 6.10 Å². The maximum atomic E-state index is 10.7. The van der Waals surface area contributed by atoms with E-state index in [9.17, 15) is 4.79 Å². The molecule has 5 atom stereocenters. The van der Waals surface area contributed by atoms with E-state index >= 15 is 0 Å². The van der Waals surface area contributed by atoms with Gasteiger partial charge in [0.15, 0.2) is 0 Å². The number of fused-ring (bicyclic) bond motifs is 2. The summed E-state index contributed by atoms with van der Waals surface area (Å²) in [6, 6.07) is 0. The maximum absolute atomic E-state index is 10.7. The average Bonchev–Trinajstić information content (AvgIpc) is 2.87.